The van der Waals surface area contributed by atoms with Crippen molar-refractivity contribution in [2.24, 2.45) is 0 Å². The molecule has 0 saturated heterocycles. The van der Waals surface area contributed by atoms with E-state index < -0.39 is 0 Å². The predicted molar refractivity (Wildman–Crippen MR) is 181 cm³/mol. The number of hydrogen-bond donors (Lipinski definition) is 1. The maximum absolute atomic E-state index is 9.95. The van der Waals surface area contributed by atoms with E-state index >= 15 is 0 Å². The van der Waals surface area contributed by atoms with Gasteiger partial charge in [0.2, 0.25) is 0 Å². The fraction of sp³-hybridized carbons (Fsp3) is 0.824. The number of hydrogen-bond acceptors (Lipinski definition) is 4. The molecule has 0 aromatic heterocycles. The van der Waals surface area contributed by atoms with Gasteiger partial charge in [-0.2, -0.15) is 0 Å². The van der Waals surface area contributed by atoms with Crippen LogP contribution in [0, 0.1) is 0 Å². The van der Waals surface area contributed by atoms with E-state index in [1.54, 1.807) is 0 Å². The van der Waals surface area contributed by atoms with Crippen LogP contribution in [0.15, 0.2) is 12.1 Å². The molecule has 1 aromatic rings. The first-order chi connectivity index (χ1) is 20.3. The third-order valence-corrected chi connectivity index (χ3v) is 16.6. The van der Waals surface area contributed by atoms with Crippen molar-refractivity contribution in [1.29, 1.82) is 0 Å². The molecule has 240 valence electrons. The summed E-state index contributed by atoms with van der Waals surface area (Å²) in [6, 6.07) is 3.93. The summed E-state index contributed by atoms with van der Waals surface area (Å²) in [5, 5.41) is 9.95. The fourth-order valence-electron chi connectivity index (χ4n) is 4.30. The van der Waals surface area contributed by atoms with Gasteiger partial charge in [0.1, 0.15) is 0 Å². The molecule has 0 amide bonds. The van der Waals surface area contributed by atoms with Crippen LogP contribution in [0.1, 0.15) is 123 Å². The van der Waals surface area contributed by atoms with Gasteiger partial charge in [0.05, 0.1) is 0 Å². The second kappa shape index (κ2) is 31.0. The molecule has 0 aliphatic heterocycles. The summed E-state index contributed by atoms with van der Waals surface area (Å²) < 4.78 is 27.4. The molecule has 0 unspecified atom stereocenters. The van der Waals surface area contributed by atoms with Gasteiger partial charge in [-0.15, -0.1) is 0 Å². The Morgan fingerprint density at radius 3 is 1.22 bits per heavy atom. The molecule has 0 radical (unpaired) electrons. The zero-order valence-electron chi connectivity index (χ0n) is 26.7. The molecule has 0 heterocycles. The number of ether oxygens (including phenoxy) is 3. The average Bonchev–Trinajstić information content (AvgIpc) is 2.99. The number of aliphatic hydroxyl groups is 1. The van der Waals surface area contributed by atoms with Gasteiger partial charge >= 0.3 is 287 Å². The van der Waals surface area contributed by atoms with Crippen LogP contribution in [-0.4, -0.2) is 87.7 Å². The molecule has 1 rings (SSSR count). The van der Waals surface area contributed by atoms with Gasteiger partial charge in [0.15, 0.2) is 0 Å². The van der Waals surface area contributed by atoms with E-state index in [-0.39, 0.29) is 69.4 Å². The van der Waals surface area contributed by atoms with Crippen LogP contribution in [0.5, 0.6) is 17.2 Å². The van der Waals surface area contributed by atoms with E-state index in [4.69, 9.17) is 14.2 Å². The molecule has 0 atom stereocenters. The summed E-state index contributed by atoms with van der Waals surface area (Å²) in [4.78, 5) is 0. The quantitative estimate of drug-likeness (QED) is 0.0596. The fourth-order valence-corrected chi connectivity index (χ4v) is 12.3. The molecule has 4 nitrogen and oxygen atoms in total. The number of unbranched alkanes of at least 4 members (excludes halogenated alkanes) is 9. The molecule has 0 aliphatic rings. The zero-order chi connectivity index (χ0) is 29.6. The molecule has 0 bridgehead atoms. The van der Waals surface area contributed by atoms with Gasteiger partial charge in [-0.25, -0.2) is 0 Å². The van der Waals surface area contributed by atoms with Crippen molar-refractivity contribution in [3.8, 4) is 17.2 Å². The van der Waals surface area contributed by atoms with Crippen molar-refractivity contribution in [1.82, 2.24) is 0 Å². The Labute approximate surface area is 284 Å². The minimum absolute atomic E-state index is 0.00919. The Morgan fingerprint density at radius 1 is 0.488 bits per heavy atom. The van der Waals surface area contributed by atoms with Crippen molar-refractivity contribution < 1.29 is 19.3 Å². The summed E-state index contributed by atoms with van der Waals surface area (Å²) >= 11 is 0.328. The second-order valence-corrected chi connectivity index (χ2v) is 21.2. The van der Waals surface area contributed by atoms with Crippen LogP contribution in [0.4, 0.5) is 0 Å². The van der Waals surface area contributed by atoms with Crippen LogP contribution in [-0.2, 0) is 6.61 Å². The second-order valence-electron chi connectivity index (χ2n) is 10.7. The summed E-state index contributed by atoms with van der Waals surface area (Å²) in [5.41, 5.74) is 0.843. The van der Waals surface area contributed by atoms with Crippen LogP contribution in [0.2, 0.25) is 26.8 Å². The van der Waals surface area contributed by atoms with Crippen LogP contribution in [0.25, 0.3) is 0 Å². The molecule has 1 N–H and O–H groups in total. The molecule has 7 heteroatoms. The average molecular weight is 918 g/mol. The normalized spacial score (nSPS) is 11.2. The standard InChI is InChI=1S/C34H62O4Te3/c1-4-7-10-13-22-39-25-16-19-36-32-28-31(30-35)29-33(37-20-17-26-40-23-14-11-8-5-2)34(32)38-21-18-27-41-24-15-12-9-6-3/h28-29,35H,4-27,30H2,1-3H3. The van der Waals surface area contributed by atoms with Crippen molar-refractivity contribution in [3.63, 3.8) is 0 Å². The topological polar surface area (TPSA) is 47.9 Å². The number of benzene rings is 1. The van der Waals surface area contributed by atoms with Crippen LogP contribution in [0.3, 0.4) is 0 Å². The van der Waals surface area contributed by atoms with Gasteiger partial charge in [0.25, 0.3) is 0 Å². The maximum atomic E-state index is 9.95. The zero-order valence-corrected chi connectivity index (χ0v) is 33.7. The molecular weight excluding hydrogens is 855 g/mol. The summed E-state index contributed by atoms with van der Waals surface area (Å²) in [6.45, 7) is 9.00. The van der Waals surface area contributed by atoms with Gasteiger partial charge in [-0.05, 0) is 0 Å². The van der Waals surface area contributed by atoms with Gasteiger partial charge in [-0.1, -0.05) is 0 Å². The minimum atomic E-state index is -0.00919. The third kappa shape index (κ3) is 23.0. The van der Waals surface area contributed by atoms with Crippen molar-refractivity contribution in [2.75, 3.05) is 19.8 Å². The van der Waals surface area contributed by atoms with Gasteiger partial charge in [0, 0.05) is 0 Å². The van der Waals surface area contributed by atoms with Crippen molar-refractivity contribution in [3.05, 3.63) is 17.7 Å². The molecule has 0 aliphatic carbocycles. The molecule has 0 saturated carbocycles. The first-order valence-corrected chi connectivity index (χ1v) is 26.5. The summed E-state index contributed by atoms with van der Waals surface area (Å²) in [6.07, 6.45) is 19.9. The monoisotopic (exact) mass is 924 g/mol. The van der Waals surface area contributed by atoms with Crippen molar-refractivity contribution in [2.45, 2.75) is 151 Å². The molecule has 41 heavy (non-hydrogen) atoms. The molecular formula is C34H62O4Te3. The molecule has 1 aromatic carbocycles. The number of rotatable bonds is 31. The van der Waals surface area contributed by atoms with Crippen LogP contribution >= 0.6 is 0 Å². The van der Waals surface area contributed by atoms with E-state index in [0.29, 0.717) is 0 Å². The first-order valence-electron chi connectivity index (χ1n) is 16.7. The van der Waals surface area contributed by atoms with Crippen molar-refractivity contribution >= 4 is 62.8 Å². The van der Waals surface area contributed by atoms with E-state index in [9.17, 15) is 5.11 Å². The Balaban J connectivity index is 2.60. The Kier molecular flexibility index (Phi) is 30.2. The Bertz CT molecular complexity index is 662. The Hall–Kier alpha value is 0.949. The van der Waals surface area contributed by atoms with Crippen LogP contribution < -0.4 is 14.2 Å². The number of aliphatic hydroxyl groups excluding tert-OH is 1. The van der Waals surface area contributed by atoms with E-state index in [2.05, 4.69) is 20.8 Å². The van der Waals surface area contributed by atoms with Gasteiger partial charge < -0.3 is 0 Å². The Morgan fingerprint density at radius 2 is 0.854 bits per heavy atom. The molecule has 0 spiro atoms. The summed E-state index contributed by atoms with van der Waals surface area (Å²) in [7, 11) is 0. The van der Waals surface area contributed by atoms with E-state index in [0.717, 1.165) is 61.9 Å². The van der Waals surface area contributed by atoms with Gasteiger partial charge in [-0.3, -0.25) is 0 Å². The SMILES string of the molecule is CCCCCC[Te]CCCOc1cc(CO)cc(OCCC[Te]CCCCCC)c1OCCC[Te]CCCCCC. The first kappa shape index (κ1) is 40.0. The summed E-state index contributed by atoms with van der Waals surface area (Å²) in [5.74, 6) is 2.28. The predicted octanol–water partition coefficient (Wildman–Crippen LogP) is 9.85. The van der Waals surface area contributed by atoms with E-state index in [1.807, 2.05) is 12.1 Å². The third-order valence-electron chi connectivity index (χ3n) is 6.75. The molecule has 0 fully saturated rings. The van der Waals surface area contributed by atoms with E-state index in [1.165, 1.54) is 104 Å².